The van der Waals surface area contributed by atoms with Crippen LogP contribution >= 0.6 is 0 Å². The highest BCUT2D eigenvalue weighted by Crippen LogP contribution is 2.37. The van der Waals surface area contributed by atoms with Gasteiger partial charge in [-0.15, -0.1) is 0 Å². The zero-order valence-corrected chi connectivity index (χ0v) is 13.0. The lowest BCUT2D eigenvalue weighted by Crippen LogP contribution is -2.37. The Morgan fingerprint density at radius 3 is 2.90 bits per heavy atom. The van der Waals surface area contributed by atoms with Crippen LogP contribution in [0.2, 0.25) is 0 Å². The highest BCUT2D eigenvalue weighted by molar-refractivity contribution is 6.06. The van der Waals surface area contributed by atoms with Crippen LogP contribution in [0.4, 0.5) is 0 Å². The van der Waals surface area contributed by atoms with Gasteiger partial charge in [-0.1, -0.05) is 50.5 Å². The Hall–Kier alpha value is -1.64. The van der Waals surface area contributed by atoms with Crippen LogP contribution in [0.25, 0.3) is 0 Å². The van der Waals surface area contributed by atoms with Crippen LogP contribution in [0.5, 0.6) is 0 Å². The molecular weight excluding hydrogens is 260 g/mol. The van der Waals surface area contributed by atoms with Crippen molar-refractivity contribution in [3.8, 4) is 0 Å². The molecular formula is C18H24N2O. The Labute approximate surface area is 127 Å². The van der Waals surface area contributed by atoms with Crippen molar-refractivity contribution in [1.82, 2.24) is 5.01 Å². The molecule has 21 heavy (non-hydrogen) atoms. The first-order valence-corrected chi connectivity index (χ1v) is 8.19. The minimum absolute atomic E-state index is 0.0795. The molecule has 3 heteroatoms. The van der Waals surface area contributed by atoms with Gasteiger partial charge in [0.25, 0.3) is 0 Å². The Morgan fingerprint density at radius 1 is 1.33 bits per heavy atom. The highest BCUT2D eigenvalue weighted by Gasteiger charge is 2.41. The first-order valence-electron chi connectivity index (χ1n) is 8.19. The molecule has 0 N–H and O–H groups in total. The SMILES string of the molecule is CCCCC[C@@H]1[C@H]2CCc3ccccc3C2=NN1C(C)=O. The van der Waals surface area contributed by atoms with Crippen molar-refractivity contribution < 1.29 is 4.79 Å². The second-order valence-corrected chi connectivity index (χ2v) is 6.21. The van der Waals surface area contributed by atoms with Crippen molar-refractivity contribution in [3.63, 3.8) is 0 Å². The molecule has 1 aromatic rings. The smallest absolute Gasteiger partial charge is 0.239 e. The minimum Gasteiger partial charge on any atom is -0.273 e. The molecule has 0 saturated heterocycles. The molecule has 0 spiro atoms. The maximum atomic E-state index is 12.0. The van der Waals surface area contributed by atoms with E-state index in [1.54, 1.807) is 11.9 Å². The number of hydrogen-bond donors (Lipinski definition) is 0. The van der Waals surface area contributed by atoms with Gasteiger partial charge in [0, 0.05) is 18.4 Å². The summed E-state index contributed by atoms with van der Waals surface area (Å²) in [6, 6.07) is 8.80. The van der Waals surface area contributed by atoms with Gasteiger partial charge in [-0.25, -0.2) is 5.01 Å². The quantitative estimate of drug-likeness (QED) is 0.775. The molecule has 1 aliphatic carbocycles. The van der Waals surface area contributed by atoms with E-state index in [1.165, 1.54) is 30.4 Å². The van der Waals surface area contributed by atoms with E-state index in [9.17, 15) is 4.79 Å². The van der Waals surface area contributed by atoms with Crippen molar-refractivity contribution >= 4 is 11.6 Å². The summed E-state index contributed by atoms with van der Waals surface area (Å²) in [7, 11) is 0. The zero-order valence-electron chi connectivity index (χ0n) is 13.0. The molecule has 0 saturated carbocycles. The lowest BCUT2D eigenvalue weighted by atomic mass is 9.78. The lowest BCUT2D eigenvalue weighted by Gasteiger charge is -2.28. The summed E-state index contributed by atoms with van der Waals surface area (Å²) in [5.74, 6) is 0.511. The van der Waals surface area contributed by atoms with Gasteiger partial charge in [-0.2, -0.15) is 5.10 Å². The molecule has 3 rings (SSSR count). The van der Waals surface area contributed by atoms with Crippen molar-refractivity contribution in [1.29, 1.82) is 0 Å². The number of carbonyl (C=O) groups excluding carboxylic acids is 1. The summed E-state index contributed by atoms with van der Waals surface area (Å²) in [6.45, 7) is 3.86. The standard InChI is InChI=1S/C18H24N2O/c1-3-4-5-10-17-16-12-11-14-8-6-7-9-15(14)18(16)19-20(17)13(2)21/h6-9,16-17H,3-5,10-12H2,1-2H3/t16-,17-/m1/s1. The lowest BCUT2D eigenvalue weighted by molar-refractivity contribution is -0.131. The number of unbranched alkanes of at least 4 members (excludes halogenated alkanes) is 2. The van der Waals surface area contributed by atoms with Crippen molar-refractivity contribution in [2.45, 2.75) is 58.4 Å². The van der Waals surface area contributed by atoms with E-state index in [0.29, 0.717) is 5.92 Å². The van der Waals surface area contributed by atoms with E-state index in [2.05, 4.69) is 31.2 Å². The van der Waals surface area contributed by atoms with Gasteiger partial charge in [0.2, 0.25) is 5.91 Å². The average molecular weight is 284 g/mol. The Bertz CT molecular complexity index is 564. The van der Waals surface area contributed by atoms with Crippen LogP contribution in [0.3, 0.4) is 0 Å². The topological polar surface area (TPSA) is 32.7 Å². The van der Waals surface area contributed by atoms with E-state index in [1.807, 2.05) is 0 Å². The van der Waals surface area contributed by atoms with Gasteiger partial charge in [0.15, 0.2) is 0 Å². The number of nitrogens with zero attached hydrogens (tertiary/aromatic N) is 2. The molecule has 1 amide bonds. The second kappa shape index (κ2) is 6.00. The Kier molecular flexibility index (Phi) is 4.09. The van der Waals surface area contributed by atoms with E-state index in [-0.39, 0.29) is 11.9 Å². The van der Waals surface area contributed by atoms with Crippen LogP contribution in [-0.4, -0.2) is 22.7 Å². The monoisotopic (exact) mass is 284 g/mol. The summed E-state index contributed by atoms with van der Waals surface area (Å²) in [5, 5.41) is 6.47. The fourth-order valence-corrected chi connectivity index (χ4v) is 3.73. The first kappa shape index (κ1) is 14.3. The molecule has 0 bridgehead atoms. The molecule has 0 aromatic heterocycles. The molecule has 1 heterocycles. The number of fused-ring (bicyclic) bond motifs is 3. The zero-order chi connectivity index (χ0) is 14.8. The maximum absolute atomic E-state index is 12.0. The molecule has 1 aliphatic heterocycles. The van der Waals surface area contributed by atoms with Crippen LogP contribution in [0.15, 0.2) is 29.4 Å². The summed E-state index contributed by atoms with van der Waals surface area (Å²) in [5.41, 5.74) is 3.79. The number of hydrogen-bond acceptors (Lipinski definition) is 2. The van der Waals surface area contributed by atoms with Crippen LogP contribution in [0, 0.1) is 5.92 Å². The molecule has 2 aliphatic rings. The molecule has 2 atom stereocenters. The van der Waals surface area contributed by atoms with Gasteiger partial charge in [0.05, 0.1) is 11.8 Å². The maximum Gasteiger partial charge on any atom is 0.239 e. The Balaban J connectivity index is 1.88. The molecule has 3 nitrogen and oxygen atoms in total. The Morgan fingerprint density at radius 2 is 2.14 bits per heavy atom. The fraction of sp³-hybridized carbons (Fsp3) is 0.556. The predicted octanol–water partition coefficient (Wildman–Crippen LogP) is 3.76. The minimum atomic E-state index is 0.0795. The fourth-order valence-electron chi connectivity index (χ4n) is 3.73. The normalized spacial score (nSPS) is 23.5. The third-order valence-corrected chi connectivity index (χ3v) is 4.79. The van der Waals surface area contributed by atoms with Crippen LogP contribution in [-0.2, 0) is 11.2 Å². The van der Waals surface area contributed by atoms with Gasteiger partial charge >= 0.3 is 0 Å². The summed E-state index contributed by atoms with van der Waals surface area (Å²) in [6.07, 6.45) is 6.94. The van der Waals surface area contributed by atoms with E-state index >= 15 is 0 Å². The first-order chi connectivity index (χ1) is 10.2. The number of carbonyl (C=O) groups is 1. The molecule has 0 radical (unpaired) electrons. The van der Waals surface area contributed by atoms with Crippen molar-refractivity contribution in [2.24, 2.45) is 11.0 Å². The molecule has 0 fully saturated rings. The van der Waals surface area contributed by atoms with E-state index < -0.39 is 0 Å². The predicted molar refractivity (Wildman–Crippen MR) is 85.2 cm³/mol. The van der Waals surface area contributed by atoms with Gasteiger partial charge in [-0.05, 0) is 24.8 Å². The average Bonchev–Trinajstić information content (AvgIpc) is 2.87. The largest absolute Gasteiger partial charge is 0.273 e. The summed E-state index contributed by atoms with van der Waals surface area (Å²) >= 11 is 0. The molecule has 112 valence electrons. The highest BCUT2D eigenvalue weighted by atomic mass is 16.2. The number of amides is 1. The second-order valence-electron chi connectivity index (χ2n) is 6.21. The number of hydrazone groups is 1. The number of benzene rings is 1. The van der Waals surface area contributed by atoms with Crippen molar-refractivity contribution in [2.75, 3.05) is 0 Å². The summed E-state index contributed by atoms with van der Waals surface area (Å²) < 4.78 is 0. The van der Waals surface area contributed by atoms with Gasteiger partial charge < -0.3 is 0 Å². The molecule has 0 unspecified atom stereocenters. The van der Waals surface area contributed by atoms with E-state index in [0.717, 1.165) is 25.0 Å². The third kappa shape index (κ3) is 2.61. The van der Waals surface area contributed by atoms with Crippen LogP contribution in [0.1, 0.15) is 57.1 Å². The van der Waals surface area contributed by atoms with Crippen molar-refractivity contribution in [3.05, 3.63) is 35.4 Å². The van der Waals surface area contributed by atoms with Gasteiger partial charge in [-0.3, -0.25) is 4.79 Å². The van der Waals surface area contributed by atoms with Gasteiger partial charge in [0.1, 0.15) is 0 Å². The van der Waals surface area contributed by atoms with E-state index in [4.69, 9.17) is 5.10 Å². The molecule has 1 aromatic carbocycles. The third-order valence-electron chi connectivity index (χ3n) is 4.79. The number of aryl methyl sites for hydroxylation is 1. The summed E-state index contributed by atoms with van der Waals surface area (Å²) in [4.78, 5) is 12.0. The van der Waals surface area contributed by atoms with Crippen LogP contribution < -0.4 is 0 Å². The number of rotatable bonds is 4.